The van der Waals surface area contributed by atoms with Gasteiger partial charge < -0.3 is 5.32 Å². The summed E-state index contributed by atoms with van der Waals surface area (Å²) >= 11 is 0. The molecule has 1 fully saturated rings. The minimum atomic E-state index is -3.91. The van der Waals surface area contributed by atoms with Crippen LogP contribution in [0, 0.1) is 6.42 Å². The molecule has 1 aliphatic heterocycles. The first-order valence-corrected chi connectivity index (χ1v) is 10.9. The molecule has 3 rings (SSSR count). The van der Waals surface area contributed by atoms with Gasteiger partial charge in [-0.25, -0.2) is 17.5 Å². The molecule has 1 N–H and O–H groups in total. The molecule has 1 aromatic carbocycles. The zero-order chi connectivity index (χ0) is 18.8. The minimum Gasteiger partial charge on any atom is -0.337 e. The van der Waals surface area contributed by atoms with E-state index in [1.54, 1.807) is 6.92 Å². The summed E-state index contributed by atoms with van der Waals surface area (Å²) in [5.74, 6) is 0. The zero-order valence-electron chi connectivity index (χ0n) is 15.5. The highest BCUT2D eigenvalue weighted by Gasteiger charge is 2.57. The monoisotopic (exact) mass is 375 g/mol. The molecule has 1 aromatic rings. The number of hydrogen-bond donors (Lipinski definition) is 1. The number of urea groups is 1. The van der Waals surface area contributed by atoms with Gasteiger partial charge >= 0.3 is 6.03 Å². The van der Waals surface area contributed by atoms with Crippen LogP contribution in [-0.2, 0) is 10.0 Å². The lowest BCUT2D eigenvalue weighted by Gasteiger charge is -2.42. The average molecular weight is 376 g/mol. The van der Waals surface area contributed by atoms with E-state index in [2.05, 4.69) is 5.32 Å². The number of carbonyl (C=O) groups excluding carboxylic acids is 1. The van der Waals surface area contributed by atoms with Gasteiger partial charge in [-0.05, 0) is 43.7 Å². The third kappa shape index (κ3) is 2.94. The van der Waals surface area contributed by atoms with Crippen molar-refractivity contribution < 1.29 is 13.2 Å². The standard InChI is InChI=1S/C20H27N2O3S/c1-3-11-17-18(16-12-7-5-8-13-16)26(24,25)22(19(23)21-4-2)20(17)14-9-6-10-15-20/h5,7-8,11-13H,3-4,6,9-10,14-15H2,1-2H3,(H,21,23). The van der Waals surface area contributed by atoms with Crippen molar-refractivity contribution >= 4 is 21.0 Å². The molecule has 2 amide bonds. The first-order chi connectivity index (χ1) is 12.5. The molecule has 1 heterocycles. The Bertz CT molecular complexity index is 794. The van der Waals surface area contributed by atoms with Crippen molar-refractivity contribution in [2.45, 2.75) is 57.9 Å². The van der Waals surface area contributed by atoms with E-state index in [0.717, 1.165) is 35.6 Å². The van der Waals surface area contributed by atoms with Gasteiger partial charge in [0.05, 0.1) is 10.4 Å². The summed E-state index contributed by atoms with van der Waals surface area (Å²) < 4.78 is 28.3. The molecule has 6 heteroatoms. The Labute approximate surface area is 156 Å². The third-order valence-electron chi connectivity index (χ3n) is 5.27. The normalized spacial score (nSPS) is 21.2. The van der Waals surface area contributed by atoms with Crippen LogP contribution in [0.15, 0.2) is 35.9 Å². The van der Waals surface area contributed by atoms with Crippen molar-refractivity contribution in [3.05, 3.63) is 47.9 Å². The number of nitrogens with zero attached hydrogens (tertiary/aromatic N) is 1. The summed E-state index contributed by atoms with van der Waals surface area (Å²) in [7, 11) is -3.91. The lowest BCUT2D eigenvalue weighted by Crippen LogP contribution is -2.55. The van der Waals surface area contributed by atoms with E-state index in [9.17, 15) is 13.2 Å². The quantitative estimate of drug-likeness (QED) is 0.862. The van der Waals surface area contributed by atoms with Gasteiger partial charge in [0.2, 0.25) is 0 Å². The number of nitrogens with one attached hydrogen (secondary N) is 1. The van der Waals surface area contributed by atoms with Crippen LogP contribution < -0.4 is 5.32 Å². The molecule has 2 aliphatic rings. The fraction of sp³-hybridized carbons (Fsp3) is 0.500. The van der Waals surface area contributed by atoms with Crippen LogP contribution >= 0.6 is 0 Å². The molecular weight excluding hydrogens is 348 g/mol. The van der Waals surface area contributed by atoms with E-state index in [4.69, 9.17) is 0 Å². The largest absolute Gasteiger partial charge is 0.337 e. The van der Waals surface area contributed by atoms with Gasteiger partial charge in [0.15, 0.2) is 0 Å². The molecule has 26 heavy (non-hydrogen) atoms. The van der Waals surface area contributed by atoms with Gasteiger partial charge in [-0.1, -0.05) is 56.5 Å². The van der Waals surface area contributed by atoms with E-state index >= 15 is 0 Å². The number of amides is 2. The van der Waals surface area contributed by atoms with Crippen molar-refractivity contribution in [1.29, 1.82) is 0 Å². The van der Waals surface area contributed by atoms with Gasteiger partial charge in [-0.2, -0.15) is 0 Å². The molecule has 1 saturated carbocycles. The van der Waals surface area contributed by atoms with Crippen molar-refractivity contribution in [3.8, 4) is 0 Å². The van der Waals surface area contributed by atoms with E-state index in [1.807, 2.05) is 43.7 Å². The molecule has 0 bridgehead atoms. The molecule has 1 spiro atoms. The molecule has 141 valence electrons. The Hall–Kier alpha value is -1.82. The smallest absolute Gasteiger partial charge is 0.332 e. The summed E-state index contributed by atoms with van der Waals surface area (Å²) in [5, 5.41) is 2.72. The third-order valence-corrected chi connectivity index (χ3v) is 7.24. The number of sulfonamides is 1. The SMILES string of the molecule is CC[CH]C1=C(c2ccccc2)S(=O)(=O)N(C(=O)NCC)C12CCCCC2. The van der Waals surface area contributed by atoms with Crippen LogP contribution in [0.25, 0.3) is 4.91 Å². The first-order valence-electron chi connectivity index (χ1n) is 9.45. The van der Waals surface area contributed by atoms with Crippen LogP contribution in [-0.4, -0.2) is 30.8 Å². The van der Waals surface area contributed by atoms with Crippen molar-refractivity contribution in [2.75, 3.05) is 6.54 Å². The number of benzene rings is 1. The molecule has 0 unspecified atom stereocenters. The Balaban J connectivity index is 2.25. The minimum absolute atomic E-state index is 0.299. The van der Waals surface area contributed by atoms with Gasteiger partial charge in [0.1, 0.15) is 0 Å². The number of rotatable bonds is 4. The van der Waals surface area contributed by atoms with Crippen molar-refractivity contribution in [3.63, 3.8) is 0 Å². The number of carbonyl (C=O) groups is 1. The molecule has 1 aliphatic carbocycles. The van der Waals surface area contributed by atoms with E-state index < -0.39 is 21.6 Å². The first kappa shape index (κ1) is 19.0. The van der Waals surface area contributed by atoms with Crippen molar-refractivity contribution in [1.82, 2.24) is 9.62 Å². The van der Waals surface area contributed by atoms with E-state index in [1.165, 1.54) is 0 Å². The van der Waals surface area contributed by atoms with E-state index in [0.29, 0.717) is 29.9 Å². The van der Waals surface area contributed by atoms with Crippen molar-refractivity contribution in [2.24, 2.45) is 0 Å². The topological polar surface area (TPSA) is 66.5 Å². The fourth-order valence-electron chi connectivity index (χ4n) is 4.30. The molecular formula is C20H27N2O3S. The zero-order valence-corrected chi connectivity index (χ0v) is 16.3. The van der Waals surface area contributed by atoms with Crippen LogP contribution in [0.5, 0.6) is 0 Å². The highest BCUT2D eigenvalue weighted by Crippen LogP contribution is 2.53. The van der Waals surface area contributed by atoms with Crippen LogP contribution in [0.1, 0.15) is 57.9 Å². The van der Waals surface area contributed by atoms with Gasteiger partial charge in [0.25, 0.3) is 10.0 Å². The molecule has 1 radical (unpaired) electrons. The van der Waals surface area contributed by atoms with Crippen LogP contribution in [0.2, 0.25) is 0 Å². The second-order valence-corrected chi connectivity index (χ2v) is 8.64. The summed E-state index contributed by atoms with van der Waals surface area (Å²) in [6.45, 7) is 4.21. The van der Waals surface area contributed by atoms with Crippen LogP contribution in [0.3, 0.4) is 0 Å². The maximum Gasteiger partial charge on any atom is 0.332 e. The summed E-state index contributed by atoms with van der Waals surface area (Å²) in [6, 6.07) is 8.66. The fourth-order valence-corrected chi connectivity index (χ4v) is 6.49. The average Bonchev–Trinajstić information content (AvgIpc) is 2.80. The Morgan fingerprint density at radius 3 is 2.38 bits per heavy atom. The lowest BCUT2D eigenvalue weighted by molar-refractivity contribution is 0.168. The van der Waals surface area contributed by atoms with Crippen LogP contribution in [0.4, 0.5) is 4.79 Å². The Morgan fingerprint density at radius 2 is 1.81 bits per heavy atom. The Morgan fingerprint density at radius 1 is 1.15 bits per heavy atom. The summed E-state index contributed by atoms with van der Waals surface area (Å²) in [6.07, 6.45) is 7.03. The van der Waals surface area contributed by atoms with Gasteiger partial charge in [0, 0.05) is 6.54 Å². The second-order valence-electron chi connectivity index (χ2n) is 6.92. The maximum atomic E-state index is 13.6. The molecule has 0 atom stereocenters. The van der Waals surface area contributed by atoms with E-state index in [-0.39, 0.29) is 0 Å². The molecule has 0 aromatic heterocycles. The molecule has 5 nitrogen and oxygen atoms in total. The summed E-state index contributed by atoms with van der Waals surface area (Å²) in [4.78, 5) is 13.2. The Kier molecular flexibility index (Phi) is 5.42. The number of hydrogen-bond acceptors (Lipinski definition) is 3. The van der Waals surface area contributed by atoms with Gasteiger partial charge in [-0.15, -0.1) is 0 Å². The maximum absolute atomic E-state index is 13.6. The molecule has 0 saturated heterocycles. The predicted octanol–water partition coefficient (Wildman–Crippen LogP) is 4.09. The second kappa shape index (κ2) is 7.43. The predicted molar refractivity (Wildman–Crippen MR) is 104 cm³/mol. The van der Waals surface area contributed by atoms with Gasteiger partial charge in [-0.3, -0.25) is 0 Å². The summed E-state index contributed by atoms with van der Waals surface area (Å²) in [5.41, 5.74) is 0.707. The highest BCUT2D eigenvalue weighted by molar-refractivity contribution is 7.99. The highest BCUT2D eigenvalue weighted by atomic mass is 32.2. The lowest BCUT2D eigenvalue weighted by atomic mass is 9.74.